The van der Waals surface area contributed by atoms with Crippen molar-refractivity contribution in [1.29, 1.82) is 0 Å². The smallest absolute Gasteiger partial charge is 0.291 e. The van der Waals surface area contributed by atoms with Gasteiger partial charge in [-0.15, -0.1) is 0 Å². The van der Waals surface area contributed by atoms with Gasteiger partial charge in [0.1, 0.15) is 0 Å². The predicted octanol–water partition coefficient (Wildman–Crippen LogP) is 4.65. The molecular formula is C22H29N5O. The lowest BCUT2D eigenvalue weighted by atomic mass is 9.82. The summed E-state index contributed by atoms with van der Waals surface area (Å²) in [6.45, 7) is 6.78. The Balaban J connectivity index is 1.40. The van der Waals surface area contributed by atoms with Gasteiger partial charge in [0.05, 0.1) is 11.2 Å². The SMILES string of the molecule is CCC(C)N1CCC(c2nc(-n3nc(C4CCC4)c4ccccc43)no2)CC1. The number of rotatable bonds is 5. The van der Waals surface area contributed by atoms with E-state index in [0.29, 0.717) is 23.8 Å². The van der Waals surface area contributed by atoms with E-state index in [1.807, 2.05) is 4.68 Å². The Labute approximate surface area is 165 Å². The minimum absolute atomic E-state index is 0.356. The predicted molar refractivity (Wildman–Crippen MR) is 109 cm³/mol. The highest BCUT2D eigenvalue weighted by atomic mass is 16.5. The molecule has 28 heavy (non-hydrogen) atoms. The van der Waals surface area contributed by atoms with Gasteiger partial charge in [0.15, 0.2) is 0 Å². The number of likely N-dealkylation sites (tertiary alicyclic amines) is 1. The van der Waals surface area contributed by atoms with Crippen LogP contribution in [-0.4, -0.2) is 44.0 Å². The van der Waals surface area contributed by atoms with E-state index in [4.69, 9.17) is 14.6 Å². The maximum Gasteiger partial charge on any atom is 0.291 e. The van der Waals surface area contributed by atoms with Gasteiger partial charge in [-0.05, 0) is 63.3 Å². The molecule has 1 aromatic carbocycles. The second-order valence-electron chi connectivity index (χ2n) is 8.44. The van der Waals surface area contributed by atoms with Crippen molar-refractivity contribution in [2.24, 2.45) is 0 Å². The van der Waals surface area contributed by atoms with Crippen molar-refractivity contribution in [2.45, 2.75) is 70.3 Å². The molecule has 5 rings (SSSR count). The normalized spacial score (nSPS) is 20.5. The summed E-state index contributed by atoms with van der Waals surface area (Å²) in [4.78, 5) is 7.33. The highest BCUT2D eigenvalue weighted by molar-refractivity contribution is 5.83. The molecule has 6 nitrogen and oxygen atoms in total. The van der Waals surface area contributed by atoms with Gasteiger partial charge in [0.25, 0.3) is 5.95 Å². The molecule has 0 N–H and O–H groups in total. The van der Waals surface area contributed by atoms with Crippen LogP contribution in [0.25, 0.3) is 16.9 Å². The highest BCUT2D eigenvalue weighted by Gasteiger charge is 2.29. The van der Waals surface area contributed by atoms with Gasteiger partial charge in [-0.2, -0.15) is 14.8 Å². The van der Waals surface area contributed by atoms with E-state index in [2.05, 4.69) is 48.2 Å². The Kier molecular flexibility index (Phi) is 4.67. The van der Waals surface area contributed by atoms with Crippen molar-refractivity contribution in [3.63, 3.8) is 0 Å². The second kappa shape index (κ2) is 7.32. The fraction of sp³-hybridized carbons (Fsp3) is 0.591. The molecule has 1 saturated heterocycles. The summed E-state index contributed by atoms with van der Waals surface area (Å²) in [6.07, 6.45) is 7.12. The molecule has 0 spiro atoms. The van der Waals surface area contributed by atoms with Gasteiger partial charge in [-0.25, -0.2) is 0 Å². The monoisotopic (exact) mass is 379 g/mol. The molecule has 2 aromatic heterocycles. The minimum atomic E-state index is 0.356. The maximum absolute atomic E-state index is 5.70. The number of para-hydroxylation sites is 1. The molecule has 2 aliphatic rings. The summed E-state index contributed by atoms with van der Waals surface area (Å²) in [6, 6.07) is 9.06. The Morgan fingerprint density at radius 1 is 1.11 bits per heavy atom. The Hall–Kier alpha value is -2.21. The molecule has 0 bridgehead atoms. The van der Waals surface area contributed by atoms with Gasteiger partial charge < -0.3 is 9.42 Å². The summed E-state index contributed by atoms with van der Waals surface area (Å²) >= 11 is 0. The fourth-order valence-electron chi connectivity index (χ4n) is 4.55. The summed E-state index contributed by atoms with van der Waals surface area (Å²) in [7, 11) is 0. The Morgan fingerprint density at radius 3 is 2.61 bits per heavy atom. The molecule has 1 aliphatic carbocycles. The lowest BCUT2D eigenvalue weighted by molar-refractivity contribution is 0.148. The van der Waals surface area contributed by atoms with E-state index < -0.39 is 0 Å². The summed E-state index contributed by atoms with van der Waals surface area (Å²) in [5, 5.41) is 10.4. The zero-order valence-corrected chi connectivity index (χ0v) is 16.8. The van der Waals surface area contributed by atoms with Crippen LogP contribution >= 0.6 is 0 Å². The number of fused-ring (bicyclic) bond motifs is 1. The summed E-state index contributed by atoms with van der Waals surface area (Å²) in [5.74, 6) is 2.27. The van der Waals surface area contributed by atoms with E-state index >= 15 is 0 Å². The molecule has 0 amide bonds. The van der Waals surface area contributed by atoms with Gasteiger partial charge in [0, 0.05) is 23.3 Å². The Bertz CT molecular complexity index is 949. The van der Waals surface area contributed by atoms with Crippen molar-refractivity contribution in [3.05, 3.63) is 35.9 Å². The summed E-state index contributed by atoms with van der Waals surface area (Å²) in [5.41, 5.74) is 2.26. The zero-order chi connectivity index (χ0) is 19.1. The largest absolute Gasteiger partial charge is 0.337 e. The second-order valence-corrected chi connectivity index (χ2v) is 8.44. The first-order valence-corrected chi connectivity index (χ1v) is 10.8. The van der Waals surface area contributed by atoms with Crippen molar-refractivity contribution in [3.8, 4) is 5.95 Å². The van der Waals surface area contributed by atoms with Crippen molar-refractivity contribution in [1.82, 2.24) is 24.8 Å². The lowest BCUT2D eigenvalue weighted by Crippen LogP contribution is -2.39. The first-order valence-electron chi connectivity index (χ1n) is 10.8. The molecule has 2 fully saturated rings. The van der Waals surface area contributed by atoms with E-state index in [1.54, 1.807) is 0 Å². The highest BCUT2D eigenvalue weighted by Crippen LogP contribution is 2.39. The first-order chi connectivity index (χ1) is 13.7. The third-order valence-corrected chi connectivity index (χ3v) is 6.82. The first kappa shape index (κ1) is 17.9. The van der Waals surface area contributed by atoms with E-state index in [1.165, 1.54) is 36.8 Å². The number of piperidine rings is 1. The van der Waals surface area contributed by atoms with Gasteiger partial charge >= 0.3 is 0 Å². The van der Waals surface area contributed by atoms with E-state index in [-0.39, 0.29) is 0 Å². The minimum Gasteiger partial charge on any atom is -0.337 e. The van der Waals surface area contributed by atoms with Crippen LogP contribution in [0.15, 0.2) is 28.8 Å². The zero-order valence-electron chi connectivity index (χ0n) is 16.8. The van der Waals surface area contributed by atoms with Crippen molar-refractivity contribution >= 4 is 10.9 Å². The number of hydrogen-bond donors (Lipinski definition) is 0. The number of nitrogens with zero attached hydrogens (tertiary/aromatic N) is 5. The van der Waals surface area contributed by atoms with E-state index in [9.17, 15) is 0 Å². The Morgan fingerprint density at radius 2 is 1.89 bits per heavy atom. The molecule has 148 valence electrons. The number of benzene rings is 1. The third-order valence-electron chi connectivity index (χ3n) is 6.82. The molecule has 1 unspecified atom stereocenters. The van der Waals surface area contributed by atoms with Crippen LogP contribution in [0.5, 0.6) is 0 Å². The lowest BCUT2D eigenvalue weighted by Gasteiger charge is -2.34. The number of aromatic nitrogens is 4. The molecule has 3 heterocycles. The van der Waals surface area contributed by atoms with Crippen LogP contribution in [0.1, 0.15) is 75.8 Å². The maximum atomic E-state index is 5.70. The van der Waals surface area contributed by atoms with Crippen LogP contribution in [0.2, 0.25) is 0 Å². The third kappa shape index (κ3) is 3.04. The molecule has 3 aromatic rings. The molecule has 1 aliphatic heterocycles. The molecule has 1 atom stereocenters. The average Bonchev–Trinajstić information content (AvgIpc) is 3.32. The van der Waals surface area contributed by atoms with Gasteiger partial charge in [-0.1, -0.05) is 31.5 Å². The van der Waals surface area contributed by atoms with Crippen molar-refractivity contribution < 1.29 is 4.52 Å². The molecule has 1 saturated carbocycles. The molecule has 0 radical (unpaired) electrons. The standard InChI is InChI=1S/C22H29N5O/c1-3-15(2)26-13-11-17(12-14-26)21-23-22(25-28-21)27-19-10-5-4-9-18(19)20(24-27)16-7-6-8-16/h4-5,9-10,15-17H,3,6-8,11-14H2,1-2H3. The quantitative estimate of drug-likeness (QED) is 0.645. The topological polar surface area (TPSA) is 60.0 Å². The van der Waals surface area contributed by atoms with Crippen molar-refractivity contribution in [2.75, 3.05) is 13.1 Å². The molecular weight excluding hydrogens is 350 g/mol. The van der Waals surface area contributed by atoms with Crippen LogP contribution in [0.4, 0.5) is 0 Å². The molecule has 6 heteroatoms. The van der Waals surface area contributed by atoms with E-state index in [0.717, 1.165) is 37.3 Å². The van der Waals surface area contributed by atoms with Crippen LogP contribution < -0.4 is 0 Å². The summed E-state index contributed by atoms with van der Waals surface area (Å²) < 4.78 is 7.58. The van der Waals surface area contributed by atoms with Gasteiger partial charge in [-0.3, -0.25) is 0 Å². The fourth-order valence-corrected chi connectivity index (χ4v) is 4.55. The van der Waals surface area contributed by atoms with Gasteiger partial charge in [0.2, 0.25) is 5.89 Å². The van der Waals surface area contributed by atoms with Crippen LogP contribution in [0, 0.1) is 0 Å². The number of hydrogen-bond acceptors (Lipinski definition) is 5. The van der Waals surface area contributed by atoms with Crippen LogP contribution in [-0.2, 0) is 0 Å². The average molecular weight is 380 g/mol. The van der Waals surface area contributed by atoms with Crippen LogP contribution in [0.3, 0.4) is 0 Å².